The van der Waals surface area contributed by atoms with Gasteiger partial charge in [0.2, 0.25) is 5.91 Å². The van der Waals surface area contributed by atoms with Crippen molar-refractivity contribution < 1.29 is 4.79 Å². The molecule has 0 atom stereocenters. The second kappa shape index (κ2) is 7.35. The fourth-order valence-corrected chi connectivity index (χ4v) is 2.35. The number of nitrogens with one attached hydrogen (secondary N) is 2. The highest BCUT2D eigenvalue weighted by Crippen LogP contribution is 2.20. The molecule has 2 N–H and O–H groups in total. The number of rotatable bonds is 6. The number of hydrogen-bond acceptors (Lipinski definition) is 4. The van der Waals surface area contributed by atoms with E-state index in [-0.39, 0.29) is 5.91 Å². The van der Waals surface area contributed by atoms with Crippen molar-refractivity contribution >= 4 is 22.5 Å². The summed E-state index contributed by atoms with van der Waals surface area (Å²) >= 11 is 0. The van der Waals surface area contributed by atoms with Crippen molar-refractivity contribution in [2.45, 2.75) is 13.0 Å². The number of anilines is 1. The fourth-order valence-electron chi connectivity index (χ4n) is 2.35. The van der Waals surface area contributed by atoms with Gasteiger partial charge in [-0.3, -0.25) is 14.8 Å². The van der Waals surface area contributed by atoms with E-state index < -0.39 is 0 Å². The monoisotopic (exact) mass is 306 g/mol. The van der Waals surface area contributed by atoms with Crippen LogP contribution in [0.5, 0.6) is 0 Å². The average molecular weight is 306 g/mol. The number of aromatic nitrogens is 2. The number of carbonyl (C=O) groups is 1. The summed E-state index contributed by atoms with van der Waals surface area (Å²) < 4.78 is 0. The molecule has 2 aromatic heterocycles. The van der Waals surface area contributed by atoms with Crippen molar-refractivity contribution in [2.75, 3.05) is 11.9 Å². The molecule has 23 heavy (non-hydrogen) atoms. The molecule has 116 valence electrons. The maximum atomic E-state index is 11.9. The van der Waals surface area contributed by atoms with Crippen LogP contribution in [0, 0.1) is 0 Å². The van der Waals surface area contributed by atoms with Crippen LogP contribution in [0.3, 0.4) is 0 Å². The molecule has 2 heterocycles. The van der Waals surface area contributed by atoms with Gasteiger partial charge in [0.05, 0.1) is 11.2 Å². The van der Waals surface area contributed by atoms with Gasteiger partial charge < -0.3 is 10.6 Å². The molecule has 3 rings (SSSR count). The van der Waals surface area contributed by atoms with E-state index in [1.165, 1.54) is 0 Å². The third kappa shape index (κ3) is 4.03. The maximum Gasteiger partial charge on any atom is 0.222 e. The number of nitrogens with zero attached hydrogens (tertiary/aromatic N) is 2. The Bertz CT molecular complexity index is 784. The lowest BCUT2D eigenvalue weighted by Gasteiger charge is -2.09. The lowest BCUT2D eigenvalue weighted by atomic mass is 10.2. The largest absolute Gasteiger partial charge is 0.383 e. The number of hydrogen-bond donors (Lipinski definition) is 2. The van der Waals surface area contributed by atoms with E-state index >= 15 is 0 Å². The normalized spacial score (nSPS) is 10.4. The van der Waals surface area contributed by atoms with E-state index in [9.17, 15) is 4.79 Å². The number of amides is 1. The summed E-state index contributed by atoms with van der Waals surface area (Å²) in [5.74, 6) is 0.00884. The van der Waals surface area contributed by atoms with Gasteiger partial charge in [-0.25, -0.2) is 0 Å². The molecule has 0 aliphatic rings. The van der Waals surface area contributed by atoms with Gasteiger partial charge in [-0.1, -0.05) is 24.3 Å². The van der Waals surface area contributed by atoms with Crippen LogP contribution in [0.1, 0.15) is 12.0 Å². The topological polar surface area (TPSA) is 66.9 Å². The first-order valence-electron chi connectivity index (χ1n) is 7.56. The quantitative estimate of drug-likeness (QED) is 0.735. The molecule has 0 radical (unpaired) electrons. The van der Waals surface area contributed by atoms with Crippen molar-refractivity contribution in [3.63, 3.8) is 0 Å². The van der Waals surface area contributed by atoms with E-state index in [1.807, 2.05) is 42.5 Å². The summed E-state index contributed by atoms with van der Waals surface area (Å²) in [5, 5.41) is 7.25. The molecule has 0 bridgehead atoms. The highest BCUT2D eigenvalue weighted by Gasteiger charge is 2.04. The molecule has 1 amide bonds. The molecule has 1 aromatic carbocycles. The zero-order valence-corrected chi connectivity index (χ0v) is 12.7. The molecule has 0 saturated carbocycles. The summed E-state index contributed by atoms with van der Waals surface area (Å²) in [5.41, 5.74) is 2.86. The summed E-state index contributed by atoms with van der Waals surface area (Å²) in [6, 6.07) is 13.7. The molecule has 3 aromatic rings. The molecule has 0 aliphatic carbocycles. The molecule has 0 fully saturated rings. The van der Waals surface area contributed by atoms with Crippen LogP contribution in [0.15, 0.2) is 61.1 Å². The molecule has 0 saturated heterocycles. The van der Waals surface area contributed by atoms with Crippen LogP contribution in [-0.2, 0) is 11.3 Å². The Balaban J connectivity index is 1.50. The van der Waals surface area contributed by atoms with E-state index in [4.69, 9.17) is 0 Å². The Morgan fingerprint density at radius 1 is 1.04 bits per heavy atom. The molecule has 5 heteroatoms. The first-order valence-corrected chi connectivity index (χ1v) is 7.56. The standard InChI is InChI=1S/C18H18N4O/c23-17(22-13-14-4-2-9-19-12-14)8-11-20-16-7-1-5-15-6-3-10-21-18(15)16/h1-7,9-10,12,20H,8,11,13H2,(H,22,23). The zero-order valence-electron chi connectivity index (χ0n) is 12.7. The van der Waals surface area contributed by atoms with Crippen molar-refractivity contribution in [2.24, 2.45) is 0 Å². The molecular weight excluding hydrogens is 288 g/mol. The molecule has 0 aliphatic heterocycles. The minimum absolute atomic E-state index is 0.00884. The van der Waals surface area contributed by atoms with Gasteiger partial charge in [0.15, 0.2) is 0 Å². The van der Waals surface area contributed by atoms with Gasteiger partial charge in [-0.2, -0.15) is 0 Å². The van der Waals surface area contributed by atoms with Gasteiger partial charge in [0, 0.05) is 43.5 Å². The number of pyridine rings is 2. The lowest BCUT2D eigenvalue weighted by molar-refractivity contribution is -0.121. The van der Waals surface area contributed by atoms with Crippen LogP contribution in [-0.4, -0.2) is 22.4 Å². The Kier molecular flexibility index (Phi) is 4.79. The van der Waals surface area contributed by atoms with Crippen LogP contribution in [0.25, 0.3) is 10.9 Å². The first-order chi connectivity index (χ1) is 11.3. The SMILES string of the molecule is O=C(CCNc1cccc2cccnc12)NCc1cccnc1. The number of carbonyl (C=O) groups excluding carboxylic acids is 1. The Labute approximate surface area is 134 Å². The highest BCUT2D eigenvalue weighted by atomic mass is 16.1. The van der Waals surface area contributed by atoms with Crippen LogP contribution in [0.4, 0.5) is 5.69 Å². The Morgan fingerprint density at radius 2 is 1.91 bits per heavy atom. The Morgan fingerprint density at radius 3 is 2.78 bits per heavy atom. The van der Waals surface area contributed by atoms with Gasteiger partial charge in [-0.05, 0) is 23.8 Å². The highest BCUT2D eigenvalue weighted by molar-refractivity contribution is 5.90. The van der Waals surface area contributed by atoms with Crippen molar-refractivity contribution in [3.8, 4) is 0 Å². The van der Waals surface area contributed by atoms with Gasteiger partial charge in [-0.15, -0.1) is 0 Å². The second-order valence-electron chi connectivity index (χ2n) is 5.20. The van der Waals surface area contributed by atoms with Crippen molar-refractivity contribution in [1.82, 2.24) is 15.3 Å². The molecular formula is C18H18N4O. The van der Waals surface area contributed by atoms with Crippen LogP contribution in [0.2, 0.25) is 0 Å². The minimum Gasteiger partial charge on any atom is -0.383 e. The number of benzene rings is 1. The first kappa shape index (κ1) is 15.0. The molecule has 0 unspecified atom stereocenters. The fraction of sp³-hybridized carbons (Fsp3) is 0.167. The van der Waals surface area contributed by atoms with Gasteiger partial charge in [0.1, 0.15) is 0 Å². The summed E-state index contributed by atoms with van der Waals surface area (Å²) in [6.45, 7) is 1.07. The lowest BCUT2D eigenvalue weighted by Crippen LogP contribution is -2.24. The summed E-state index contributed by atoms with van der Waals surface area (Å²) in [7, 11) is 0. The van der Waals surface area contributed by atoms with Crippen LogP contribution < -0.4 is 10.6 Å². The van der Waals surface area contributed by atoms with E-state index in [0.29, 0.717) is 19.5 Å². The van der Waals surface area contributed by atoms with E-state index in [1.54, 1.807) is 18.6 Å². The summed E-state index contributed by atoms with van der Waals surface area (Å²) in [6.07, 6.45) is 5.64. The van der Waals surface area contributed by atoms with Crippen molar-refractivity contribution in [1.29, 1.82) is 0 Å². The third-order valence-corrected chi connectivity index (χ3v) is 3.51. The average Bonchev–Trinajstić information content (AvgIpc) is 2.61. The van der Waals surface area contributed by atoms with Crippen molar-refractivity contribution in [3.05, 3.63) is 66.6 Å². The maximum absolute atomic E-state index is 11.9. The number of fused-ring (bicyclic) bond motifs is 1. The Hall–Kier alpha value is -2.95. The minimum atomic E-state index is 0.00884. The smallest absolute Gasteiger partial charge is 0.222 e. The number of para-hydroxylation sites is 1. The zero-order chi connectivity index (χ0) is 15.9. The van der Waals surface area contributed by atoms with Gasteiger partial charge >= 0.3 is 0 Å². The summed E-state index contributed by atoms with van der Waals surface area (Å²) in [4.78, 5) is 20.3. The third-order valence-electron chi connectivity index (χ3n) is 3.51. The van der Waals surface area contributed by atoms with E-state index in [2.05, 4.69) is 20.6 Å². The van der Waals surface area contributed by atoms with Crippen LogP contribution >= 0.6 is 0 Å². The predicted octanol–water partition coefficient (Wildman–Crippen LogP) is 2.75. The molecule has 0 spiro atoms. The second-order valence-corrected chi connectivity index (χ2v) is 5.20. The predicted molar refractivity (Wildman–Crippen MR) is 90.9 cm³/mol. The molecule has 5 nitrogen and oxygen atoms in total. The van der Waals surface area contributed by atoms with E-state index in [0.717, 1.165) is 22.2 Å². The van der Waals surface area contributed by atoms with Gasteiger partial charge in [0.25, 0.3) is 0 Å².